The van der Waals surface area contributed by atoms with Crippen LogP contribution in [0.4, 0.5) is 32.0 Å². The van der Waals surface area contributed by atoms with Gasteiger partial charge < -0.3 is 20.5 Å². The van der Waals surface area contributed by atoms with Crippen LogP contribution in [-0.2, 0) is 6.54 Å². The number of hydrogen-bond acceptors (Lipinski definition) is 3. The summed E-state index contributed by atoms with van der Waals surface area (Å²) >= 11 is 0. The van der Waals surface area contributed by atoms with Crippen molar-refractivity contribution in [3.05, 3.63) is 54.1 Å². The molecule has 12 heteroatoms. The maximum atomic E-state index is 12.2. The molecule has 0 aliphatic rings. The number of aliphatic imine (C=N–C) groups is 1. The molecule has 0 unspecified atom stereocenters. The first-order valence-corrected chi connectivity index (χ1v) is 7.71. The van der Waals surface area contributed by atoms with Crippen molar-refractivity contribution in [2.24, 2.45) is 10.7 Å². The van der Waals surface area contributed by atoms with E-state index in [1.165, 1.54) is 30.3 Å². The topological polar surface area (TPSA) is 68.9 Å². The summed E-state index contributed by atoms with van der Waals surface area (Å²) < 4.78 is 81.2. The number of ether oxygens (including phenoxy) is 2. The van der Waals surface area contributed by atoms with Crippen molar-refractivity contribution >= 4 is 35.6 Å². The minimum Gasteiger partial charge on any atom is -0.484 e. The molecule has 2 aromatic carbocycles. The van der Waals surface area contributed by atoms with Gasteiger partial charge in [0.05, 0.1) is 6.54 Å². The predicted octanol–water partition coefficient (Wildman–Crippen LogP) is 5.07. The third-order valence-corrected chi connectivity index (χ3v) is 3.09. The Kier molecular flexibility index (Phi) is 8.85. The molecule has 0 aromatic heterocycles. The van der Waals surface area contributed by atoms with E-state index in [0.29, 0.717) is 11.3 Å². The summed E-state index contributed by atoms with van der Waals surface area (Å²) in [6, 6.07) is 10.7. The number of alkyl halides is 6. The molecule has 0 saturated heterocycles. The molecule has 0 bridgehead atoms. The number of nitrogens with zero attached hydrogens (tertiary/aromatic N) is 1. The van der Waals surface area contributed by atoms with Gasteiger partial charge in [-0.05, 0) is 42.0 Å². The lowest BCUT2D eigenvalue weighted by Gasteiger charge is -2.11. The van der Waals surface area contributed by atoms with Crippen LogP contribution in [0, 0.1) is 0 Å². The van der Waals surface area contributed by atoms with Gasteiger partial charge in [-0.3, -0.25) is 0 Å². The Hall–Kier alpha value is -2.38. The summed E-state index contributed by atoms with van der Waals surface area (Å²) in [6.45, 7) is -1.35. The summed E-state index contributed by atoms with van der Waals surface area (Å²) in [7, 11) is 0. The Morgan fingerprint density at radius 2 is 1.62 bits per heavy atom. The third kappa shape index (κ3) is 10.1. The van der Waals surface area contributed by atoms with Gasteiger partial charge in [-0.1, -0.05) is 12.1 Å². The fourth-order valence-electron chi connectivity index (χ4n) is 2.00. The Bertz CT molecular complexity index is 810. The van der Waals surface area contributed by atoms with Gasteiger partial charge in [0.25, 0.3) is 0 Å². The van der Waals surface area contributed by atoms with E-state index in [0.717, 1.165) is 12.1 Å². The van der Waals surface area contributed by atoms with E-state index in [-0.39, 0.29) is 48.0 Å². The minimum absolute atomic E-state index is 0. The maximum Gasteiger partial charge on any atom is 0.573 e. The number of nitrogens with one attached hydrogen (secondary N) is 1. The summed E-state index contributed by atoms with van der Waals surface area (Å²) in [4.78, 5) is 4.02. The minimum atomic E-state index is -4.78. The number of rotatable bonds is 6. The number of guanidine groups is 1. The lowest BCUT2D eigenvalue weighted by atomic mass is 10.2. The lowest BCUT2D eigenvalue weighted by molar-refractivity contribution is -0.274. The normalized spacial score (nSPS) is 12.1. The van der Waals surface area contributed by atoms with Gasteiger partial charge in [-0.2, -0.15) is 13.2 Å². The predicted molar refractivity (Wildman–Crippen MR) is 105 cm³/mol. The van der Waals surface area contributed by atoms with Crippen LogP contribution in [0.1, 0.15) is 5.56 Å². The van der Waals surface area contributed by atoms with Crippen LogP contribution in [0.2, 0.25) is 0 Å². The Labute approximate surface area is 178 Å². The fraction of sp³-hybridized carbons (Fsp3) is 0.235. The van der Waals surface area contributed by atoms with Crippen LogP contribution in [0.5, 0.6) is 11.5 Å². The zero-order valence-corrected chi connectivity index (χ0v) is 16.9. The van der Waals surface area contributed by atoms with Crippen LogP contribution >= 0.6 is 24.0 Å². The van der Waals surface area contributed by atoms with E-state index < -0.39 is 19.1 Å². The highest BCUT2D eigenvalue weighted by atomic mass is 127. The van der Waals surface area contributed by atoms with Gasteiger partial charge in [0.15, 0.2) is 12.6 Å². The smallest absolute Gasteiger partial charge is 0.484 e. The van der Waals surface area contributed by atoms with Crippen LogP contribution in [-0.4, -0.2) is 25.1 Å². The first-order valence-electron chi connectivity index (χ1n) is 7.71. The van der Waals surface area contributed by atoms with Crippen LogP contribution in [0.3, 0.4) is 0 Å². The number of halogens is 7. The van der Waals surface area contributed by atoms with E-state index >= 15 is 0 Å². The SMILES string of the molecule is I.NC(=NCc1cccc(OCC(F)(F)F)c1)Nc1ccc(OC(F)(F)F)cc1. The molecule has 160 valence electrons. The zero-order valence-electron chi connectivity index (χ0n) is 14.6. The summed E-state index contributed by atoms with van der Waals surface area (Å²) in [6.07, 6.45) is -9.23. The van der Waals surface area contributed by atoms with E-state index in [9.17, 15) is 26.3 Å². The monoisotopic (exact) mass is 535 g/mol. The maximum absolute atomic E-state index is 12.2. The Balaban J connectivity index is 0.00000420. The average molecular weight is 535 g/mol. The highest BCUT2D eigenvalue weighted by Crippen LogP contribution is 2.24. The molecule has 0 amide bonds. The molecule has 5 nitrogen and oxygen atoms in total. The van der Waals surface area contributed by atoms with Gasteiger partial charge in [0.1, 0.15) is 11.5 Å². The first-order chi connectivity index (χ1) is 13.0. The van der Waals surface area contributed by atoms with Crippen molar-refractivity contribution in [2.75, 3.05) is 11.9 Å². The van der Waals surface area contributed by atoms with Crippen molar-refractivity contribution in [2.45, 2.75) is 19.1 Å². The Morgan fingerprint density at radius 3 is 2.21 bits per heavy atom. The summed E-state index contributed by atoms with van der Waals surface area (Å²) in [5.74, 6) is -0.382. The summed E-state index contributed by atoms with van der Waals surface area (Å²) in [5.41, 5.74) is 6.62. The van der Waals surface area contributed by atoms with E-state index in [1.54, 1.807) is 6.07 Å². The average Bonchev–Trinajstić information content (AvgIpc) is 2.58. The second kappa shape index (κ2) is 10.4. The van der Waals surface area contributed by atoms with Gasteiger partial charge in [-0.15, -0.1) is 37.1 Å². The molecule has 0 fully saturated rings. The molecule has 0 heterocycles. The first kappa shape index (κ1) is 24.7. The fourth-order valence-corrected chi connectivity index (χ4v) is 2.00. The highest BCUT2D eigenvalue weighted by molar-refractivity contribution is 14.0. The molecule has 0 aliphatic heterocycles. The standard InChI is InChI=1S/C17H15F6N3O2.HI/c18-16(19,20)10-27-14-3-1-2-11(8-14)9-25-15(24)26-12-4-6-13(7-5-12)28-17(21,22)23;/h1-8H,9-10H2,(H3,24,25,26);1H. The molecule has 2 aromatic rings. The summed E-state index contributed by atoms with van der Waals surface area (Å²) in [5, 5.41) is 2.67. The van der Waals surface area contributed by atoms with E-state index in [1.807, 2.05) is 0 Å². The molecule has 29 heavy (non-hydrogen) atoms. The van der Waals surface area contributed by atoms with Crippen molar-refractivity contribution in [3.8, 4) is 11.5 Å². The molecule has 0 spiro atoms. The van der Waals surface area contributed by atoms with Crippen molar-refractivity contribution < 1.29 is 35.8 Å². The molecule has 3 N–H and O–H groups in total. The van der Waals surface area contributed by atoms with E-state index in [4.69, 9.17) is 5.73 Å². The molecule has 0 atom stereocenters. The lowest BCUT2D eigenvalue weighted by Crippen LogP contribution is -2.22. The largest absolute Gasteiger partial charge is 0.573 e. The second-order valence-corrected chi connectivity index (χ2v) is 5.45. The number of nitrogens with two attached hydrogens (primary N) is 1. The molecular formula is C17H16F6IN3O2. The van der Waals surface area contributed by atoms with E-state index in [2.05, 4.69) is 19.8 Å². The van der Waals surface area contributed by atoms with Crippen LogP contribution < -0.4 is 20.5 Å². The quantitative estimate of drug-likeness (QED) is 0.235. The molecule has 0 radical (unpaired) electrons. The molecule has 0 aliphatic carbocycles. The molecular weight excluding hydrogens is 519 g/mol. The molecule has 0 saturated carbocycles. The number of anilines is 1. The molecule has 2 rings (SSSR count). The van der Waals surface area contributed by atoms with Crippen LogP contribution in [0.25, 0.3) is 0 Å². The Morgan fingerprint density at radius 1 is 0.966 bits per heavy atom. The second-order valence-electron chi connectivity index (χ2n) is 5.45. The van der Waals surface area contributed by atoms with Gasteiger partial charge in [-0.25, -0.2) is 4.99 Å². The van der Waals surface area contributed by atoms with Gasteiger partial charge in [0, 0.05) is 5.69 Å². The third-order valence-electron chi connectivity index (χ3n) is 3.09. The van der Waals surface area contributed by atoms with Crippen molar-refractivity contribution in [1.29, 1.82) is 0 Å². The highest BCUT2D eigenvalue weighted by Gasteiger charge is 2.31. The zero-order chi connectivity index (χ0) is 20.8. The van der Waals surface area contributed by atoms with Crippen molar-refractivity contribution in [3.63, 3.8) is 0 Å². The van der Waals surface area contributed by atoms with Crippen molar-refractivity contribution in [1.82, 2.24) is 0 Å². The number of benzene rings is 2. The van der Waals surface area contributed by atoms with Gasteiger partial charge >= 0.3 is 12.5 Å². The van der Waals surface area contributed by atoms with Crippen LogP contribution in [0.15, 0.2) is 53.5 Å². The number of hydrogen-bond donors (Lipinski definition) is 2. The van der Waals surface area contributed by atoms with Gasteiger partial charge in [0.2, 0.25) is 0 Å².